The summed E-state index contributed by atoms with van der Waals surface area (Å²) >= 11 is 0. The maximum Gasteiger partial charge on any atom is 0.0998 e. The van der Waals surface area contributed by atoms with Gasteiger partial charge in [-0.15, -0.1) is 0 Å². The highest BCUT2D eigenvalue weighted by Gasteiger charge is 2.07. The summed E-state index contributed by atoms with van der Waals surface area (Å²) in [5, 5.41) is 10.7. The van der Waals surface area contributed by atoms with Gasteiger partial charge in [-0.2, -0.15) is 5.26 Å². The maximum atomic E-state index is 9.52. The van der Waals surface area contributed by atoms with E-state index in [1.54, 1.807) is 0 Å². The highest BCUT2D eigenvalue weighted by Crippen LogP contribution is 2.26. The molecule has 2 heteroatoms. The largest absolute Gasteiger partial charge is 0.347 e. The van der Waals surface area contributed by atoms with Crippen LogP contribution >= 0.6 is 0 Å². The van der Waals surface area contributed by atoms with Crippen molar-refractivity contribution in [1.29, 1.82) is 5.26 Å². The fourth-order valence-corrected chi connectivity index (χ4v) is 2.72. The smallest absolute Gasteiger partial charge is 0.0998 e. The first-order valence-electron chi connectivity index (χ1n) is 7.49. The van der Waals surface area contributed by atoms with Crippen LogP contribution in [0.25, 0.3) is 22.6 Å². The standard InChI is InChI=1S/C20H18N2/c1-3-22-14-18(19-6-4-5-7-20(19)22)12-17(13-21)16-10-8-15(2)9-11-16/h4-12,14H,3H2,1-2H3/b17-12-. The Morgan fingerprint density at radius 1 is 1.14 bits per heavy atom. The lowest BCUT2D eigenvalue weighted by molar-refractivity contribution is 0.797. The molecule has 0 aliphatic carbocycles. The summed E-state index contributed by atoms with van der Waals surface area (Å²) in [7, 11) is 0. The van der Waals surface area contributed by atoms with Crippen molar-refractivity contribution in [2.24, 2.45) is 0 Å². The van der Waals surface area contributed by atoms with Gasteiger partial charge in [0.05, 0.1) is 11.6 Å². The van der Waals surface area contributed by atoms with E-state index in [-0.39, 0.29) is 0 Å². The number of allylic oxidation sites excluding steroid dienone is 1. The summed E-state index contributed by atoms with van der Waals surface area (Å²) in [5.74, 6) is 0. The fourth-order valence-electron chi connectivity index (χ4n) is 2.72. The minimum atomic E-state index is 0.694. The Bertz CT molecular complexity index is 874. The molecule has 3 rings (SSSR count). The zero-order valence-electron chi connectivity index (χ0n) is 12.9. The predicted octanol–water partition coefficient (Wildman–Crippen LogP) is 5.03. The lowest BCUT2D eigenvalue weighted by Gasteiger charge is -2.00. The molecule has 0 saturated carbocycles. The minimum Gasteiger partial charge on any atom is -0.347 e. The zero-order valence-corrected chi connectivity index (χ0v) is 12.9. The van der Waals surface area contributed by atoms with Gasteiger partial charge in [0.1, 0.15) is 0 Å². The van der Waals surface area contributed by atoms with Gasteiger partial charge in [-0.1, -0.05) is 48.0 Å². The topological polar surface area (TPSA) is 28.7 Å². The van der Waals surface area contributed by atoms with Crippen molar-refractivity contribution in [1.82, 2.24) is 4.57 Å². The summed E-state index contributed by atoms with van der Waals surface area (Å²) in [6.07, 6.45) is 4.11. The summed E-state index contributed by atoms with van der Waals surface area (Å²) in [6, 6.07) is 18.7. The molecule has 1 heterocycles. The first kappa shape index (κ1) is 14.2. The lowest BCUT2D eigenvalue weighted by Crippen LogP contribution is -1.89. The number of benzene rings is 2. The van der Waals surface area contributed by atoms with Crippen molar-refractivity contribution >= 4 is 22.6 Å². The molecule has 0 saturated heterocycles. The Kier molecular flexibility index (Phi) is 3.80. The van der Waals surface area contributed by atoms with E-state index in [0.717, 1.165) is 17.7 Å². The number of aromatic nitrogens is 1. The van der Waals surface area contributed by atoms with Crippen molar-refractivity contribution in [3.05, 3.63) is 71.4 Å². The van der Waals surface area contributed by atoms with Crippen LogP contribution in [0.1, 0.15) is 23.6 Å². The van der Waals surface area contributed by atoms with E-state index in [0.29, 0.717) is 5.57 Å². The Morgan fingerprint density at radius 3 is 2.55 bits per heavy atom. The Hall–Kier alpha value is -2.79. The average molecular weight is 286 g/mol. The molecule has 1 aromatic heterocycles. The number of rotatable bonds is 3. The molecule has 22 heavy (non-hydrogen) atoms. The van der Waals surface area contributed by atoms with Crippen molar-refractivity contribution in [3.63, 3.8) is 0 Å². The summed E-state index contributed by atoms with van der Waals surface area (Å²) in [6.45, 7) is 5.10. The Labute approximate surface area is 130 Å². The summed E-state index contributed by atoms with van der Waals surface area (Å²) < 4.78 is 2.21. The van der Waals surface area contributed by atoms with Crippen LogP contribution in [0.2, 0.25) is 0 Å². The molecule has 0 bridgehead atoms. The second-order valence-electron chi connectivity index (χ2n) is 5.42. The number of hydrogen-bond donors (Lipinski definition) is 0. The van der Waals surface area contributed by atoms with Gasteiger partial charge < -0.3 is 4.57 Å². The Balaban J connectivity index is 2.14. The average Bonchev–Trinajstić information content (AvgIpc) is 2.91. The molecule has 0 radical (unpaired) electrons. The minimum absolute atomic E-state index is 0.694. The number of para-hydroxylation sites is 1. The summed E-state index contributed by atoms with van der Waals surface area (Å²) in [5.41, 5.74) is 5.15. The van der Waals surface area contributed by atoms with Gasteiger partial charge in [-0.25, -0.2) is 0 Å². The highest BCUT2D eigenvalue weighted by atomic mass is 14.9. The molecule has 0 aliphatic rings. The number of nitrogens with zero attached hydrogens (tertiary/aromatic N) is 2. The number of hydrogen-bond acceptors (Lipinski definition) is 1. The van der Waals surface area contributed by atoms with Gasteiger partial charge in [0.2, 0.25) is 0 Å². The van der Waals surface area contributed by atoms with E-state index in [1.165, 1.54) is 16.5 Å². The molecule has 0 spiro atoms. The van der Waals surface area contributed by atoms with Gasteiger partial charge in [0.25, 0.3) is 0 Å². The number of fused-ring (bicyclic) bond motifs is 1. The van der Waals surface area contributed by atoms with E-state index in [1.807, 2.05) is 42.5 Å². The van der Waals surface area contributed by atoms with Crippen molar-refractivity contribution < 1.29 is 0 Å². The summed E-state index contributed by atoms with van der Waals surface area (Å²) in [4.78, 5) is 0. The van der Waals surface area contributed by atoms with Crippen LogP contribution in [0, 0.1) is 18.3 Å². The number of aryl methyl sites for hydroxylation is 2. The van der Waals surface area contributed by atoms with E-state index in [2.05, 4.69) is 42.8 Å². The zero-order chi connectivity index (χ0) is 15.5. The fraction of sp³-hybridized carbons (Fsp3) is 0.150. The molecule has 0 aliphatic heterocycles. The highest BCUT2D eigenvalue weighted by molar-refractivity contribution is 5.98. The molecule has 0 amide bonds. The molecule has 3 aromatic rings. The quantitative estimate of drug-likeness (QED) is 0.620. The molecule has 108 valence electrons. The molecule has 2 aromatic carbocycles. The van der Waals surface area contributed by atoms with Gasteiger partial charge in [-0.05, 0) is 31.6 Å². The first-order valence-corrected chi connectivity index (χ1v) is 7.49. The second-order valence-corrected chi connectivity index (χ2v) is 5.42. The molecular formula is C20H18N2. The lowest BCUT2D eigenvalue weighted by atomic mass is 10.0. The molecule has 0 N–H and O–H groups in total. The van der Waals surface area contributed by atoms with Gasteiger partial charge in [-0.3, -0.25) is 0 Å². The van der Waals surface area contributed by atoms with Crippen LogP contribution < -0.4 is 0 Å². The van der Waals surface area contributed by atoms with E-state index in [9.17, 15) is 5.26 Å². The van der Waals surface area contributed by atoms with Crippen LogP contribution in [0.5, 0.6) is 0 Å². The second kappa shape index (κ2) is 5.91. The van der Waals surface area contributed by atoms with Crippen LogP contribution in [0.15, 0.2) is 54.7 Å². The van der Waals surface area contributed by atoms with Gasteiger partial charge in [0, 0.05) is 29.2 Å². The Morgan fingerprint density at radius 2 is 1.86 bits per heavy atom. The van der Waals surface area contributed by atoms with Crippen molar-refractivity contribution in [2.75, 3.05) is 0 Å². The molecular weight excluding hydrogens is 268 g/mol. The van der Waals surface area contributed by atoms with Crippen LogP contribution in [0.3, 0.4) is 0 Å². The molecule has 2 nitrogen and oxygen atoms in total. The number of nitriles is 1. The van der Waals surface area contributed by atoms with E-state index in [4.69, 9.17) is 0 Å². The third kappa shape index (κ3) is 2.54. The normalized spacial score (nSPS) is 11.6. The third-order valence-corrected chi connectivity index (χ3v) is 3.94. The first-order chi connectivity index (χ1) is 10.7. The molecule has 0 unspecified atom stereocenters. The predicted molar refractivity (Wildman–Crippen MR) is 92.3 cm³/mol. The third-order valence-electron chi connectivity index (χ3n) is 3.94. The maximum absolute atomic E-state index is 9.52. The van der Waals surface area contributed by atoms with E-state index < -0.39 is 0 Å². The van der Waals surface area contributed by atoms with Crippen molar-refractivity contribution in [2.45, 2.75) is 20.4 Å². The SMILES string of the molecule is CCn1cc(/C=C(/C#N)c2ccc(C)cc2)c2ccccc21. The van der Waals surface area contributed by atoms with Gasteiger partial charge in [0.15, 0.2) is 0 Å². The monoisotopic (exact) mass is 286 g/mol. The van der Waals surface area contributed by atoms with Gasteiger partial charge >= 0.3 is 0 Å². The van der Waals surface area contributed by atoms with Crippen LogP contribution in [-0.2, 0) is 6.54 Å². The van der Waals surface area contributed by atoms with Crippen LogP contribution in [0.4, 0.5) is 0 Å². The molecule has 0 fully saturated rings. The van der Waals surface area contributed by atoms with Crippen LogP contribution in [-0.4, -0.2) is 4.57 Å². The van der Waals surface area contributed by atoms with E-state index >= 15 is 0 Å². The molecule has 0 atom stereocenters. The van der Waals surface area contributed by atoms with Crippen molar-refractivity contribution in [3.8, 4) is 6.07 Å².